The van der Waals surface area contributed by atoms with Crippen LogP contribution in [0.25, 0.3) is 0 Å². The average Bonchev–Trinajstić information content (AvgIpc) is 0. The summed E-state index contributed by atoms with van der Waals surface area (Å²) in [7, 11) is 0. The minimum atomic E-state index is 0. The largest absolute Gasteiger partial charge is 2.00 e. The van der Waals surface area contributed by atoms with E-state index < -0.39 is 0 Å². The molecule has 0 aromatic heterocycles. The van der Waals surface area contributed by atoms with E-state index in [1.807, 2.05) is 0 Å². The van der Waals surface area contributed by atoms with Crippen molar-refractivity contribution in [2.45, 2.75) is 0 Å². The third kappa shape index (κ3) is 9.18. The Morgan fingerprint density at radius 3 is 0.750 bits per heavy atom. The average molecular weight is 125 g/mol. The second-order valence-corrected chi connectivity index (χ2v) is 0. The van der Waals surface area contributed by atoms with Crippen molar-refractivity contribution in [3.05, 3.63) is 0 Å². The molecular formula is H4MgS3. The first-order valence-electron chi connectivity index (χ1n) is 0. The van der Waals surface area contributed by atoms with Crippen molar-refractivity contribution in [3.8, 4) is 0 Å². The van der Waals surface area contributed by atoms with Crippen LogP contribution >= 0.6 is 27.0 Å². The molecule has 0 atom stereocenters. The summed E-state index contributed by atoms with van der Waals surface area (Å²) >= 11 is 0. The van der Waals surface area contributed by atoms with Crippen LogP contribution < -0.4 is 0 Å². The van der Waals surface area contributed by atoms with Gasteiger partial charge in [-0.1, -0.05) is 0 Å². The molecule has 0 bridgehead atoms. The smallest absolute Gasteiger partial charge is 2.00 e. The maximum absolute atomic E-state index is 0. The molecule has 0 aliphatic carbocycles. The first-order valence-corrected chi connectivity index (χ1v) is 0. The van der Waals surface area contributed by atoms with Gasteiger partial charge in [0, 0.05) is 0 Å². The predicted molar refractivity (Wildman–Crippen MR) is 33.9 cm³/mol. The fraction of sp³-hybridized carbons (Fsp3) is 0. The molecule has 0 radical (unpaired) electrons. The zero-order valence-corrected chi connectivity index (χ0v) is 6.35. The molecule has 0 saturated heterocycles. The normalized spacial score (nSPS) is 0. The quantitative estimate of drug-likeness (QED) is 0.394. The molecule has 24 valence electrons. The van der Waals surface area contributed by atoms with Crippen LogP contribution in [-0.4, -0.2) is 23.1 Å². The van der Waals surface area contributed by atoms with Gasteiger partial charge in [0.15, 0.2) is 0 Å². The van der Waals surface area contributed by atoms with Crippen LogP contribution in [0.3, 0.4) is 0 Å². The molecule has 4 heavy (non-hydrogen) atoms. The van der Waals surface area contributed by atoms with E-state index in [0.29, 0.717) is 0 Å². The van der Waals surface area contributed by atoms with Gasteiger partial charge in [0.2, 0.25) is 0 Å². The van der Waals surface area contributed by atoms with Crippen molar-refractivity contribution in [3.63, 3.8) is 0 Å². The number of hydrogen-bond acceptors (Lipinski definition) is 0. The molecule has 0 aliphatic rings. The van der Waals surface area contributed by atoms with E-state index in [1.54, 1.807) is 0 Å². The Kier molecular flexibility index (Phi) is 217. The monoisotopic (exact) mass is 124 g/mol. The molecule has 0 fully saturated rings. The van der Waals surface area contributed by atoms with Crippen LogP contribution in [0.1, 0.15) is 0 Å². The molecule has 0 spiro atoms. The summed E-state index contributed by atoms with van der Waals surface area (Å²) in [5.41, 5.74) is 0. The van der Waals surface area contributed by atoms with Crippen molar-refractivity contribution in [2.24, 2.45) is 0 Å². The molecule has 0 rings (SSSR count). The van der Waals surface area contributed by atoms with Crippen LogP contribution in [0, 0.1) is 0 Å². The Hall–Kier alpha value is 1.82. The van der Waals surface area contributed by atoms with Crippen LogP contribution in [0.2, 0.25) is 0 Å². The van der Waals surface area contributed by atoms with Crippen molar-refractivity contribution >= 4 is 63.5 Å². The van der Waals surface area contributed by atoms with Gasteiger partial charge in [0.1, 0.15) is 0 Å². The Bertz CT molecular complexity index is 3.25. The van der Waals surface area contributed by atoms with E-state index in [2.05, 4.69) is 0 Å². The summed E-state index contributed by atoms with van der Waals surface area (Å²) in [6, 6.07) is 0. The summed E-state index contributed by atoms with van der Waals surface area (Å²) in [6.07, 6.45) is 0. The van der Waals surface area contributed by atoms with Crippen molar-refractivity contribution in [1.82, 2.24) is 0 Å². The summed E-state index contributed by atoms with van der Waals surface area (Å²) in [4.78, 5) is 0. The molecule has 0 aromatic rings. The van der Waals surface area contributed by atoms with E-state index in [9.17, 15) is 0 Å². The number of hydrogen-bond donors (Lipinski definition) is 0. The molecule has 0 nitrogen and oxygen atoms in total. The molecule has 0 N–H and O–H groups in total. The Morgan fingerprint density at radius 2 is 0.750 bits per heavy atom. The summed E-state index contributed by atoms with van der Waals surface area (Å²) < 4.78 is 0. The van der Waals surface area contributed by atoms with E-state index in [4.69, 9.17) is 0 Å². The molecule has 0 heterocycles. The van der Waals surface area contributed by atoms with Crippen LogP contribution in [0.15, 0.2) is 0 Å². The van der Waals surface area contributed by atoms with Crippen LogP contribution in [-0.2, 0) is 13.5 Å². The van der Waals surface area contributed by atoms with Gasteiger partial charge < -0.3 is 13.5 Å². The number of rotatable bonds is 0. The van der Waals surface area contributed by atoms with Crippen molar-refractivity contribution < 1.29 is 0 Å². The van der Waals surface area contributed by atoms with Gasteiger partial charge in [-0.25, -0.2) is 0 Å². The molecule has 0 aliphatic heterocycles. The van der Waals surface area contributed by atoms with Crippen LogP contribution in [0.5, 0.6) is 0 Å². The standard InChI is InChI=1S/Mg.2H2S.S/h;2*1H2;/q+2;;;-2. The van der Waals surface area contributed by atoms with Gasteiger partial charge in [-0.15, -0.1) is 0 Å². The van der Waals surface area contributed by atoms with Gasteiger partial charge >= 0.3 is 23.1 Å². The minimum Gasteiger partial charge on any atom is -2.00 e. The maximum atomic E-state index is 0. The second-order valence-electron chi connectivity index (χ2n) is 0. The third-order valence-corrected chi connectivity index (χ3v) is 0. The molecule has 0 saturated carbocycles. The van der Waals surface area contributed by atoms with Gasteiger partial charge in [0.25, 0.3) is 0 Å². The SMILES string of the molecule is S.S.[Mg+2].[S-2]. The fourth-order valence-electron chi connectivity index (χ4n) is 0. The van der Waals surface area contributed by atoms with E-state index in [0.717, 1.165) is 0 Å². The van der Waals surface area contributed by atoms with E-state index in [1.165, 1.54) is 0 Å². The summed E-state index contributed by atoms with van der Waals surface area (Å²) in [6.45, 7) is 0. The Labute approximate surface area is 63.2 Å². The van der Waals surface area contributed by atoms with Gasteiger partial charge in [-0.05, 0) is 0 Å². The maximum Gasteiger partial charge on any atom is 2.00 e. The Morgan fingerprint density at radius 1 is 0.750 bits per heavy atom. The van der Waals surface area contributed by atoms with Crippen LogP contribution in [0.4, 0.5) is 0 Å². The third-order valence-electron chi connectivity index (χ3n) is 0. The zero-order chi connectivity index (χ0) is 0. The van der Waals surface area contributed by atoms with Crippen molar-refractivity contribution in [2.75, 3.05) is 0 Å². The first-order chi connectivity index (χ1) is 0. The first kappa shape index (κ1) is 40.9. The fourth-order valence-corrected chi connectivity index (χ4v) is 0. The molecular weight excluding hydrogens is 121 g/mol. The Balaban J connectivity index is 0. The second kappa shape index (κ2) is 21.3. The van der Waals surface area contributed by atoms with E-state index >= 15 is 0 Å². The molecule has 0 aromatic carbocycles. The van der Waals surface area contributed by atoms with E-state index in [-0.39, 0.29) is 63.5 Å². The van der Waals surface area contributed by atoms with Crippen molar-refractivity contribution in [1.29, 1.82) is 0 Å². The topological polar surface area (TPSA) is 0 Å². The molecule has 0 unspecified atom stereocenters. The van der Waals surface area contributed by atoms with Gasteiger partial charge in [-0.3, -0.25) is 0 Å². The van der Waals surface area contributed by atoms with Gasteiger partial charge in [0.05, 0.1) is 0 Å². The molecule has 4 heteroatoms. The van der Waals surface area contributed by atoms with Gasteiger partial charge in [-0.2, -0.15) is 27.0 Å². The zero-order valence-electron chi connectivity index (χ0n) is 2.12. The summed E-state index contributed by atoms with van der Waals surface area (Å²) in [5, 5.41) is 0. The predicted octanol–water partition coefficient (Wildman–Crippen LogP) is -0.158. The molecule has 0 amide bonds. The summed E-state index contributed by atoms with van der Waals surface area (Å²) in [5.74, 6) is 0. The minimum absolute atomic E-state index is 0.